The minimum Gasteiger partial charge on any atom is -0.497 e. The van der Waals surface area contributed by atoms with E-state index in [0.29, 0.717) is 28.3 Å². The molecule has 0 aliphatic rings. The molecule has 1 heterocycles. The molecule has 0 radical (unpaired) electrons. The van der Waals surface area contributed by atoms with Gasteiger partial charge in [-0.15, -0.1) is 0 Å². The Hall–Kier alpha value is -5.17. The summed E-state index contributed by atoms with van der Waals surface area (Å²) in [5, 5.41) is 5.08. The van der Waals surface area contributed by atoms with Crippen molar-refractivity contribution in [1.29, 1.82) is 0 Å². The van der Waals surface area contributed by atoms with Crippen LogP contribution in [-0.2, 0) is 0 Å². The lowest BCUT2D eigenvalue weighted by Gasteiger charge is -2.08. The Morgan fingerprint density at radius 1 is 0.838 bits per heavy atom. The number of hydrogen-bond acceptors (Lipinski definition) is 5. The summed E-state index contributed by atoms with van der Waals surface area (Å²) in [5.41, 5.74) is 6.49. The lowest BCUT2D eigenvalue weighted by Crippen LogP contribution is -2.19. The largest absolute Gasteiger partial charge is 0.497 e. The number of aromatic amines is 1. The molecule has 1 aromatic heterocycles. The van der Waals surface area contributed by atoms with E-state index in [1.807, 2.05) is 54.6 Å². The van der Waals surface area contributed by atoms with E-state index in [9.17, 15) is 9.59 Å². The highest BCUT2D eigenvalue weighted by molar-refractivity contribution is 6.09. The van der Waals surface area contributed by atoms with Crippen molar-refractivity contribution in [1.82, 2.24) is 10.4 Å². The van der Waals surface area contributed by atoms with Gasteiger partial charge in [0.05, 0.1) is 18.9 Å². The van der Waals surface area contributed by atoms with Crippen molar-refractivity contribution >= 4 is 29.0 Å². The Kier molecular flexibility index (Phi) is 6.76. The van der Waals surface area contributed by atoms with Crippen LogP contribution in [0, 0.1) is 0 Å². The maximum Gasteiger partial charge on any atom is 0.343 e. The maximum atomic E-state index is 13.1. The zero-order valence-corrected chi connectivity index (χ0v) is 20.0. The number of ether oxygens (including phenoxy) is 2. The highest BCUT2D eigenvalue weighted by Gasteiger charge is 2.19. The molecule has 0 aliphatic carbocycles. The van der Waals surface area contributed by atoms with Gasteiger partial charge in [0.25, 0.3) is 5.91 Å². The number of para-hydroxylation sites is 2. The molecule has 37 heavy (non-hydrogen) atoms. The van der Waals surface area contributed by atoms with Gasteiger partial charge in [0.2, 0.25) is 0 Å². The number of hydrazone groups is 1. The van der Waals surface area contributed by atoms with E-state index >= 15 is 0 Å². The molecule has 182 valence electrons. The smallest absolute Gasteiger partial charge is 0.343 e. The van der Waals surface area contributed by atoms with E-state index < -0.39 is 5.97 Å². The third-order valence-electron chi connectivity index (χ3n) is 5.81. The van der Waals surface area contributed by atoms with Crippen LogP contribution in [0.25, 0.3) is 22.0 Å². The molecule has 7 heteroatoms. The third-order valence-corrected chi connectivity index (χ3v) is 5.81. The first-order valence-electron chi connectivity index (χ1n) is 11.6. The van der Waals surface area contributed by atoms with E-state index in [1.54, 1.807) is 55.6 Å². The molecule has 2 N–H and O–H groups in total. The Morgan fingerprint density at radius 2 is 1.54 bits per heavy atom. The number of rotatable bonds is 7. The van der Waals surface area contributed by atoms with Crippen molar-refractivity contribution in [3.63, 3.8) is 0 Å². The molecule has 0 bridgehead atoms. The lowest BCUT2D eigenvalue weighted by atomic mass is 10.0. The minimum absolute atomic E-state index is 0.317. The predicted molar refractivity (Wildman–Crippen MR) is 143 cm³/mol. The van der Waals surface area contributed by atoms with Crippen LogP contribution in [0.4, 0.5) is 0 Å². The summed E-state index contributed by atoms with van der Waals surface area (Å²) in [6.07, 6.45) is 1.44. The molecule has 1 amide bonds. The van der Waals surface area contributed by atoms with Crippen LogP contribution in [0.1, 0.15) is 26.4 Å². The number of nitrogens with zero attached hydrogens (tertiary/aromatic N) is 1. The summed E-state index contributed by atoms with van der Waals surface area (Å²) in [7, 11) is 1.56. The Labute approximate surface area is 213 Å². The van der Waals surface area contributed by atoms with E-state index in [1.165, 1.54) is 6.21 Å². The zero-order valence-electron chi connectivity index (χ0n) is 20.0. The minimum atomic E-state index is -0.516. The van der Waals surface area contributed by atoms with Gasteiger partial charge in [-0.1, -0.05) is 60.7 Å². The normalized spacial score (nSPS) is 10.9. The van der Waals surface area contributed by atoms with Crippen LogP contribution < -0.4 is 14.9 Å². The molecular formula is C30H23N3O4. The lowest BCUT2D eigenvalue weighted by molar-refractivity contribution is 0.0734. The number of hydrogen-bond donors (Lipinski definition) is 2. The van der Waals surface area contributed by atoms with Gasteiger partial charge in [-0.05, 0) is 48.0 Å². The number of aromatic nitrogens is 1. The Balaban J connectivity index is 1.35. The highest BCUT2D eigenvalue weighted by atomic mass is 16.5. The summed E-state index contributed by atoms with van der Waals surface area (Å²) in [4.78, 5) is 29.0. The van der Waals surface area contributed by atoms with Crippen molar-refractivity contribution in [2.45, 2.75) is 0 Å². The number of nitrogens with one attached hydrogen (secondary N) is 2. The van der Waals surface area contributed by atoms with E-state index in [4.69, 9.17) is 9.47 Å². The molecule has 0 aliphatic heterocycles. The summed E-state index contributed by atoms with van der Waals surface area (Å²) in [6.45, 7) is 0. The van der Waals surface area contributed by atoms with Gasteiger partial charge in [0, 0.05) is 22.0 Å². The van der Waals surface area contributed by atoms with Gasteiger partial charge in [-0.3, -0.25) is 4.79 Å². The first-order chi connectivity index (χ1) is 18.1. The van der Waals surface area contributed by atoms with Gasteiger partial charge < -0.3 is 14.5 Å². The zero-order chi connectivity index (χ0) is 25.6. The van der Waals surface area contributed by atoms with E-state index in [0.717, 1.165) is 22.0 Å². The topological polar surface area (TPSA) is 92.8 Å². The van der Waals surface area contributed by atoms with Crippen molar-refractivity contribution in [2.75, 3.05) is 7.11 Å². The predicted octanol–water partition coefficient (Wildman–Crippen LogP) is 5.83. The fraction of sp³-hybridized carbons (Fsp3) is 0.0333. The molecule has 0 saturated carbocycles. The second-order valence-electron chi connectivity index (χ2n) is 8.14. The molecule has 0 fully saturated rings. The second kappa shape index (κ2) is 10.6. The molecule has 4 aromatic carbocycles. The molecule has 0 unspecified atom stereocenters. The average molecular weight is 490 g/mol. The molecule has 5 aromatic rings. The van der Waals surface area contributed by atoms with Crippen molar-refractivity contribution < 1.29 is 19.1 Å². The Bertz CT molecular complexity index is 1590. The summed E-state index contributed by atoms with van der Waals surface area (Å²) < 4.78 is 10.7. The first kappa shape index (κ1) is 23.6. The van der Waals surface area contributed by atoms with Crippen molar-refractivity contribution in [3.05, 3.63) is 120 Å². The van der Waals surface area contributed by atoms with E-state index in [2.05, 4.69) is 15.5 Å². The molecule has 5 rings (SSSR count). The molecule has 7 nitrogen and oxygen atoms in total. The van der Waals surface area contributed by atoms with E-state index in [-0.39, 0.29) is 5.91 Å². The highest BCUT2D eigenvalue weighted by Crippen LogP contribution is 2.32. The van der Waals surface area contributed by atoms with Gasteiger partial charge in [0.1, 0.15) is 17.2 Å². The first-order valence-corrected chi connectivity index (χ1v) is 11.6. The SMILES string of the molecule is COc1ccc(C(=O)Oc2ccccc2C=NNC(=O)c2[nH]c3ccccc3c2-c2ccccc2)cc1. The number of esters is 1. The number of benzene rings is 4. The van der Waals surface area contributed by atoms with Crippen LogP contribution in [0.5, 0.6) is 11.5 Å². The molecule has 0 atom stereocenters. The number of amides is 1. The monoisotopic (exact) mass is 489 g/mol. The molecular weight excluding hydrogens is 466 g/mol. The van der Waals surface area contributed by atoms with Crippen LogP contribution in [-0.4, -0.2) is 30.2 Å². The molecule has 0 saturated heterocycles. The van der Waals surface area contributed by atoms with Crippen LogP contribution in [0.3, 0.4) is 0 Å². The summed E-state index contributed by atoms with van der Waals surface area (Å²) >= 11 is 0. The number of H-pyrrole nitrogens is 1. The fourth-order valence-electron chi connectivity index (χ4n) is 4.00. The maximum absolute atomic E-state index is 13.1. The number of methoxy groups -OCH3 is 1. The molecule has 0 spiro atoms. The summed E-state index contributed by atoms with van der Waals surface area (Å²) in [6, 6.07) is 31.0. The number of carbonyl (C=O) groups excluding carboxylic acids is 2. The van der Waals surface area contributed by atoms with Crippen molar-refractivity contribution in [3.8, 4) is 22.6 Å². The Morgan fingerprint density at radius 3 is 2.32 bits per heavy atom. The standard InChI is InChI=1S/C30H23N3O4/c1-36-23-17-15-21(16-18-23)30(35)37-26-14-8-5-11-22(26)19-31-33-29(34)28-27(20-9-3-2-4-10-20)24-12-6-7-13-25(24)32-28/h2-19,32H,1H3,(H,33,34). The quantitative estimate of drug-likeness (QED) is 0.130. The van der Waals surface area contributed by atoms with Crippen LogP contribution in [0.15, 0.2) is 108 Å². The van der Waals surface area contributed by atoms with Gasteiger partial charge in [-0.25, -0.2) is 10.2 Å². The van der Waals surface area contributed by atoms with Gasteiger partial charge in [0.15, 0.2) is 0 Å². The van der Waals surface area contributed by atoms with Crippen LogP contribution >= 0.6 is 0 Å². The van der Waals surface area contributed by atoms with Gasteiger partial charge in [-0.2, -0.15) is 5.10 Å². The second-order valence-corrected chi connectivity index (χ2v) is 8.14. The van der Waals surface area contributed by atoms with Gasteiger partial charge >= 0.3 is 5.97 Å². The average Bonchev–Trinajstić information content (AvgIpc) is 3.34. The fourth-order valence-corrected chi connectivity index (χ4v) is 4.00. The number of fused-ring (bicyclic) bond motifs is 1. The van der Waals surface area contributed by atoms with Crippen molar-refractivity contribution in [2.24, 2.45) is 5.10 Å². The summed E-state index contributed by atoms with van der Waals surface area (Å²) in [5.74, 6) is 0.0549. The van der Waals surface area contributed by atoms with Crippen LogP contribution in [0.2, 0.25) is 0 Å². The number of carbonyl (C=O) groups is 2. The third kappa shape index (κ3) is 5.11.